The highest BCUT2D eigenvalue weighted by Crippen LogP contribution is 2.21. The van der Waals surface area contributed by atoms with Gasteiger partial charge in [-0.25, -0.2) is 13.2 Å². The van der Waals surface area contributed by atoms with E-state index in [2.05, 4.69) is 5.32 Å². The van der Waals surface area contributed by atoms with Gasteiger partial charge in [0.15, 0.2) is 5.11 Å². The Morgan fingerprint density at radius 1 is 0.853 bits per heavy atom. The van der Waals surface area contributed by atoms with Gasteiger partial charge in [0.2, 0.25) is 0 Å². The molecule has 1 aromatic heterocycles. The van der Waals surface area contributed by atoms with Crippen LogP contribution in [0, 0.1) is 17.5 Å². The molecule has 4 aromatic rings. The van der Waals surface area contributed by atoms with Crippen LogP contribution in [0.5, 0.6) is 0 Å². The molecule has 8 heteroatoms. The Labute approximate surface area is 206 Å². The minimum Gasteiger partial charge on any atom is -0.345 e. The molecule has 0 fully saturated rings. The average molecular weight is 500 g/mol. The number of thiocarbonyl (C=S) groups is 1. The van der Waals surface area contributed by atoms with E-state index in [4.69, 9.17) is 23.8 Å². The second-order valence-corrected chi connectivity index (χ2v) is 8.59. The van der Waals surface area contributed by atoms with E-state index in [-0.39, 0.29) is 11.5 Å². The lowest BCUT2D eigenvalue weighted by molar-refractivity contribution is 0.399. The van der Waals surface area contributed by atoms with Crippen molar-refractivity contribution in [3.05, 3.63) is 124 Å². The number of rotatable bonds is 7. The Kier molecular flexibility index (Phi) is 7.55. The minimum absolute atomic E-state index is 0.231. The standard InChI is InChI=1S/C26H21ClF3N3S/c27-25-14-20(28)9-8-19(25)16-32-10-4-7-24(32)17-33(15-18-5-2-1-3-6-18)26(34)31-23-12-21(29)11-22(30)13-23/h1-14H,15-17H2,(H,31,34). The van der Waals surface area contributed by atoms with Crippen LogP contribution in [0.3, 0.4) is 0 Å². The number of halogens is 4. The van der Waals surface area contributed by atoms with Gasteiger partial charge in [0, 0.05) is 41.8 Å². The Balaban J connectivity index is 1.57. The molecule has 4 rings (SSSR count). The van der Waals surface area contributed by atoms with Crippen molar-refractivity contribution in [1.82, 2.24) is 9.47 Å². The van der Waals surface area contributed by atoms with Crippen molar-refractivity contribution in [2.24, 2.45) is 0 Å². The van der Waals surface area contributed by atoms with Gasteiger partial charge in [-0.3, -0.25) is 0 Å². The van der Waals surface area contributed by atoms with Gasteiger partial charge in [-0.15, -0.1) is 0 Å². The van der Waals surface area contributed by atoms with Crippen LogP contribution < -0.4 is 5.32 Å². The highest BCUT2D eigenvalue weighted by Gasteiger charge is 2.15. The van der Waals surface area contributed by atoms with Crippen molar-refractivity contribution in [3.8, 4) is 0 Å². The molecule has 0 radical (unpaired) electrons. The summed E-state index contributed by atoms with van der Waals surface area (Å²) in [7, 11) is 0. The third kappa shape index (κ3) is 6.18. The molecule has 0 saturated heterocycles. The minimum atomic E-state index is -0.690. The van der Waals surface area contributed by atoms with Gasteiger partial charge in [0.25, 0.3) is 0 Å². The maximum atomic E-state index is 13.7. The SMILES string of the molecule is Fc1cc(F)cc(NC(=S)N(Cc2ccccc2)Cc2cccn2Cc2ccc(F)cc2Cl)c1. The monoisotopic (exact) mass is 499 g/mol. The maximum absolute atomic E-state index is 13.7. The quantitative estimate of drug-likeness (QED) is 0.276. The molecule has 0 bridgehead atoms. The molecule has 34 heavy (non-hydrogen) atoms. The van der Waals surface area contributed by atoms with Gasteiger partial charge >= 0.3 is 0 Å². The molecule has 0 atom stereocenters. The normalized spacial score (nSPS) is 10.8. The molecule has 1 N–H and O–H groups in total. The number of anilines is 1. The molecule has 3 nitrogen and oxygen atoms in total. The summed E-state index contributed by atoms with van der Waals surface area (Å²) in [5.74, 6) is -1.77. The number of aromatic nitrogens is 1. The molecule has 0 aliphatic carbocycles. The summed E-state index contributed by atoms with van der Waals surface area (Å²) in [4.78, 5) is 1.91. The second-order valence-electron chi connectivity index (χ2n) is 7.79. The molecule has 0 spiro atoms. The van der Waals surface area contributed by atoms with E-state index in [1.807, 2.05) is 58.1 Å². The van der Waals surface area contributed by atoms with Crippen molar-refractivity contribution in [2.45, 2.75) is 19.6 Å². The fourth-order valence-electron chi connectivity index (χ4n) is 3.61. The van der Waals surface area contributed by atoms with E-state index in [9.17, 15) is 13.2 Å². The lowest BCUT2D eigenvalue weighted by Crippen LogP contribution is -2.34. The predicted molar refractivity (Wildman–Crippen MR) is 133 cm³/mol. The number of nitrogens with zero attached hydrogens (tertiary/aromatic N) is 2. The fraction of sp³-hybridized carbons (Fsp3) is 0.115. The van der Waals surface area contributed by atoms with Gasteiger partial charge in [-0.05, 0) is 59.7 Å². The van der Waals surface area contributed by atoms with Crippen LogP contribution in [0.4, 0.5) is 18.9 Å². The summed E-state index contributed by atoms with van der Waals surface area (Å²) >= 11 is 11.8. The Hall–Kier alpha value is -3.29. The Bertz CT molecular complexity index is 1270. The lowest BCUT2D eigenvalue weighted by atomic mass is 10.2. The van der Waals surface area contributed by atoms with Gasteiger partial charge < -0.3 is 14.8 Å². The zero-order valence-corrected chi connectivity index (χ0v) is 19.6. The van der Waals surface area contributed by atoms with E-state index in [1.165, 1.54) is 24.3 Å². The van der Waals surface area contributed by atoms with Crippen molar-refractivity contribution in [2.75, 3.05) is 5.32 Å². The summed E-state index contributed by atoms with van der Waals surface area (Å²) < 4.78 is 42.8. The molecular weight excluding hydrogens is 479 g/mol. The molecule has 0 amide bonds. The van der Waals surface area contributed by atoms with E-state index in [0.717, 1.165) is 22.9 Å². The molecule has 0 aliphatic heterocycles. The second kappa shape index (κ2) is 10.8. The molecule has 0 saturated carbocycles. The van der Waals surface area contributed by atoms with Gasteiger partial charge in [0.1, 0.15) is 17.5 Å². The van der Waals surface area contributed by atoms with Crippen LogP contribution in [0.2, 0.25) is 5.02 Å². The first-order chi connectivity index (χ1) is 16.4. The zero-order valence-electron chi connectivity index (χ0n) is 18.0. The largest absolute Gasteiger partial charge is 0.345 e. The third-order valence-electron chi connectivity index (χ3n) is 5.25. The van der Waals surface area contributed by atoms with Gasteiger partial charge in [-0.1, -0.05) is 48.0 Å². The van der Waals surface area contributed by atoms with Crippen LogP contribution in [-0.4, -0.2) is 14.6 Å². The van der Waals surface area contributed by atoms with Crippen LogP contribution in [0.25, 0.3) is 0 Å². The number of hydrogen-bond acceptors (Lipinski definition) is 1. The molecular formula is C26H21ClF3N3S. The number of hydrogen-bond donors (Lipinski definition) is 1. The first-order valence-electron chi connectivity index (χ1n) is 10.5. The topological polar surface area (TPSA) is 20.2 Å². The van der Waals surface area contributed by atoms with Crippen LogP contribution >= 0.6 is 23.8 Å². The van der Waals surface area contributed by atoms with Crippen molar-refractivity contribution >= 4 is 34.6 Å². The third-order valence-corrected chi connectivity index (χ3v) is 5.96. The Morgan fingerprint density at radius 3 is 2.29 bits per heavy atom. The van der Waals surface area contributed by atoms with E-state index in [0.29, 0.717) is 29.8 Å². The van der Waals surface area contributed by atoms with Crippen LogP contribution in [-0.2, 0) is 19.6 Å². The molecule has 0 unspecified atom stereocenters. The zero-order chi connectivity index (χ0) is 24.1. The lowest BCUT2D eigenvalue weighted by Gasteiger charge is -2.27. The van der Waals surface area contributed by atoms with E-state index in [1.54, 1.807) is 6.07 Å². The summed E-state index contributed by atoms with van der Waals surface area (Å²) in [6.45, 7) is 1.35. The van der Waals surface area contributed by atoms with Crippen molar-refractivity contribution < 1.29 is 13.2 Å². The summed E-state index contributed by atoms with van der Waals surface area (Å²) in [5.41, 5.74) is 2.97. The van der Waals surface area contributed by atoms with Crippen molar-refractivity contribution in [3.63, 3.8) is 0 Å². The van der Waals surface area contributed by atoms with Crippen LogP contribution in [0.15, 0.2) is 85.1 Å². The van der Waals surface area contributed by atoms with Crippen LogP contribution in [0.1, 0.15) is 16.8 Å². The van der Waals surface area contributed by atoms with E-state index < -0.39 is 11.6 Å². The first kappa shape index (κ1) is 23.9. The van der Waals surface area contributed by atoms with Gasteiger partial charge in [-0.2, -0.15) is 0 Å². The predicted octanol–water partition coefficient (Wildman–Crippen LogP) is 7.01. The highest BCUT2D eigenvalue weighted by molar-refractivity contribution is 7.80. The summed E-state index contributed by atoms with van der Waals surface area (Å²) in [6.07, 6.45) is 1.91. The Morgan fingerprint density at radius 2 is 1.59 bits per heavy atom. The first-order valence-corrected chi connectivity index (χ1v) is 11.3. The number of nitrogens with one attached hydrogen (secondary N) is 1. The highest BCUT2D eigenvalue weighted by atomic mass is 35.5. The average Bonchev–Trinajstić information content (AvgIpc) is 3.22. The van der Waals surface area contributed by atoms with E-state index >= 15 is 0 Å². The molecule has 3 aromatic carbocycles. The molecule has 0 aliphatic rings. The summed E-state index contributed by atoms with van der Waals surface area (Å²) in [5, 5.41) is 3.62. The number of benzene rings is 3. The fourth-order valence-corrected chi connectivity index (χ4v) is 4.08. The maximum Gasteiger partial charge on any atom is 0.174 e. The van der Waals surface area contributed by atoms with Gasteiger partial charge in [0.05, 0.1) is 6.54 Å². The molecule has 174 valence electrons. The smallest absolute Gasteiger partial charge is 0.174 e. The molecule has 1 heterocycles. The summed E-state index contributed by atoms with van der Waals surface area (Å²) in [6, 6.07) is 21.1. The van der Waals surface area contributed by atoms with Crippen molar-refractivity contribution in [1.29, 1.82) is 0 Å².